The minimum atomic E-state index is -1.07. The lowest BCUT2D eigenvalue weighted by atomic mass is 10.1. The Balaban J connectivity index is 2.51. The lowest BCUT2D eigenvalue weighted by molar-refractivity contribution is -0.141. The van der Waals surface area contributed by atoms with Gasteiger partial charge in [0.25, 0.3) is 0 Å². The highest BCUT2D eigenvalue weighted by Gasteiger charge is 2.21. The Morgan fingerprint density at radius 1 is 1.37 bits per heavy atom. The third-order valence-corrected chi connectivity index (χ3v) is 3.27. The third kappa shape index (κ3) is 5.76. The zero-order chi connectivity index (χ0) is 14.1. The van der Waals surface area contributed by atoms with E-state index in [2.05, 4.69) is 5.32 Å². The number of carbonyl (C=O) groups excluding carboxylic acids is 1. The number of hydrogen-bond acceptors (Lipinski definition) is 4. The van der Waals surface area contributed by atoms with Crippen LogP contribution in [0.15, 0.2) is 30.3 Å². The van der Waals surface area contributed by atoms with E-state index in [9.17, 15) is 9.59 Å². The standard InChI is InChI=1S/C13H17NO4S/c1-18-7-8-19-9-11(15)14-12(13(16)17)10-5-3-2-4-6-10/h2-6,12H,7-9H2,1H3,(H,14,15)(H,16,17)/t12-/m0/s1. The van der Waals surface area contributed by atoms with Crippen molar-refractivity contribution in [2.75, 3.05) is 25.2 Å². The maximum atomic E-state index is 11.7. The molecule has 0 aliphatic carbocycles. The number of rotatable bonds is 8. The van der Waals surface area contributed by atoms with E-state index < -0.39 is 12.0 Å². The molecule has 1 aromatic rings. The average molecular weight is 283 g/mol. The molecule has 0 radical (unpaired) electrons. The second kappa shape index (κ2) is 8.55. The average Bonchev–Trinajstić information content (AvgIpc) is 2.41. The molecule has 0 spiro atoms. The predicted molar refractivity (Wildman–Crippen MR) is 74.2 cm³/mol. The number of nitrogens with one attached hydrogen (secondary N) is 1. The van der Waals surface area contributed by atoms with E-state index in [0.29, 0.717) is 17.9 Å². The molecular formula is C13H17NO4S. The first-order valence-corrected chi connectivity index (χ1v) is 6.94. The van der Waals surface area contributed by atoms with Crippen LogP contribution in [-0.2, 0) is 14.3 Å². The summed E-state index contributed by atoms with van der Waals surface area (Å²) in [4.78, 5) is 22.8. The molecule has 0 unspecified atom stereocenters. The minimum absolute atomic E-state index is 0.222. The second-order valence-electron chi connectivity index (χ2n) is 3.79. The molecule has 0 aliphatic heterocycles. The molecule has 5 nitrogen and oxygen atoms in total. The van der Waals surface area contributed by atoms with Crippen molar-refractivity contribution in [2.24, 2.45) is 0 Å². The van der Waals surface area contributed by atoms with E-state index in [1.165, 1.54) is 11.8 Å². The number of hydrogen-bond donors (Lipinski definition) is 2. The summed E-state index contributed by atoms with van der Waals surface area (Å²) in [7, 11) is 1.59. The van der Waals surface area contributed by atoms with Crippen molar-refractivity contribution in [3.63, 3.8) is 0 Å². The van der Waals surface area contributed by atoms with Gasteiger partial charge in [0.15, 0.2) is 6.04 Å². The predicted octanol–water partition coefficient (Wildman–Crippen LogP) is 1.31. The van der Waals surface area contributed by atoms with Gasteiger partial charge in [0.1, 0.15) is 0 Å². The van der Waals surface area contributed by atoms with Crippen LogP contribution >= 0.6 is 11.8 Å². The van der Waals surface area contributed by atoms with Gasteiger partial charge in [-0.05, 0) is 5.56 Å². The molecule has 1 atom stereocenters. The molecule has 0 aromatic heterocycles. The van der Waals surface area contributed by atoms with E-state index in [-0.39, 0.29) is 11.7 Å². The summed E-state index contributed by atoms with van der Waals surface area (Å²) in [5.74, 6) is -0.439. The number of carboxylic acids is 1. The van der Waals surface area contributed by atoms with Crippen LogP contribution in [0.2, 0.25) is 0 Å². The van der Waals surface area contributed by atoms with E-state index in [4.69, 9.17) is 9.84 Å². The molecule has 1 rings (SSSR count). The summed E-state index contributed by atoms with van der Waals surface area (Å²) >= 11 is 1.40. The van der Waals surface area contributed by atoms with Gasteiger partial charge in [0.05, 0.1) is 12.4 Å². The summed E-state index contributed by atoms with van der Waals surface area (Å²) in [6, 6.07) is 7.63. The molecule has 0 heterocycles. The third-order valence-electron chi connectivity index (χ3n) is 2.35. The van der Waals surface area contributed by atoms with Crippen LogP contribution in [0.4, 0.5) is 0 Å². The molecule has 1 aromatic carbocycles. The Bertz CT molecular complexity index is 410. The molecule has 2 N–H and O–H groups in total. The topological polar surface area (TPSA) is 75.6 Å². The number of thioether (sulfide) groups is 1. The molecular weight excluding hydrogens is 266 g/mol. The molecule has 104 valence electrons. The highest BCUT2D eigenvalue weighted by atomic mass is 32.2. The van der Waals surface area contributed by atoms with Crippen molar-refractivity contribution in [2.45, 2.75) is 6.04 Å². The fourth-order valence-electron chi connectivity index (χ4n) is 1.44. The van der Waals surface area contributed by atoms with Crippen molar-refractivity contribution in [1.82, 2.24) is 5.32 Å². The lowest BCUT2D eigenvalue weighted by Crippen LogP contribution is -2.34. The first kappa shape index (κ1) is 15.5. The maximum Gasteiger partial charge on any atom is 0.330 e. The molecule has 19 heavy (non-hydrogen) atoms. The fourth-order valence-corrected chi connectivity index (χ4v) is 2.14. The van der Waals surface area contributed by atoms with Crippen molar-refractivity contribution in [3.05, 3.63) is 35.9 Å². The van der Waals surface area contributed by atoms with Crippen LogP contribution < -0.4 is 5.32 Å². The van der Waals surface area contributed by atoms with Crippen LogP contribution in [0.5, 0.6) is 0 Å². The molecule has 0 saturated carbocycles. The lowest BCUT2D eigenvalue weighted by Gasteiger charge is -2.14. The monoisotopic (exact) mass is 283 g/mol. The van der Waals surface area contributed by atoms with Gasteiger partial charge >= 0.3 is 5.97 Å². The summed E-state index contributed by atoms with van der Waals surface area (Å²) in [6.45, 7) is 0.568. The molecule has 0 bridgehead atoms. The number of carbonyl (C=O) groups is 2. The second-order valence-corrected chi connectivity index (χ2v) is 4.90. The Morgan fingerprint density at radius 3 is 2.63 bits per heavy atom. The van der Waals surface area contributed by atoms with Gasteiger partial charge < -0.3 is 15.2 Å². The first-order valence-electron chi connectivity index (χ1n) is 5.79. The van der Waals surface area contributed by atoms with E-state index >= 15 is 0 Å². The number of benzene rings is 1. The highest BCUT2D eigenvalue weighted by Crippen LogP contribution is 2.13. The van der Waals surface area contributed by atoms with Gasteiger partial charge in [0, 0.05) is 12.9 Å². The fraction of sp³-hybridized carbons (Fsp3) is 0.385. The SMILES string of the molecule is COCCSCC(=O)N[C@H](C(=O)O)c1ccccc1. The van der Waals surface area contributed by atoms with Crippen LogP contribution in [-0.4, -0.2) is 42.2 Å². The first-order chi connectivity index (χ1) is 9.15. The number of methoxy groups -OCH3 is 1. The van der Waals surface area contributed by atoms with Crippen LogP contribution in [0.25, 0.3) is 0 Å². The van der Waals surface area contributed by atoms with E-state index in [1.807, 2.05) is 0 Å². The number of carboxylic acid groups (broad SMARTS) is 1. The van der Waals surface area contributed by atoms with E-state index in [0.717, 1.165) is 0 Å². The molecule has 0 aliphatic rings. The Hall–Kier alpha value is -1.53. The normalized spacial score (nSPS) is 11.8. The Morgan fingerprint density at radius 2 is 2.05 bits per heavy atom. The summed E-state index contributed by atoms with van der Waals surface area (Å²) < 4.78 is 4.87. The maximum absolute atomic E-state index is 11.7. The molecule has 0 saturated heterocycles. The van der Waals surface area contributed by atoms with Crippen molar-refractivity contribution >= 4 is 23.6 Å². The molecule has 1 amide bonds. The van der Waals surface area contributed by atoms with Gasteiger partial charge in [-0.3, -0.25) is 4.79 Å². The quantitative estimate of drug-likeness (QED) is 0.704. The smallest absolute Gasteiger partial charge is 0.330 e. The van der Waals surface area contributed by atoms with Crippen LogP contribution in [0, 0.1) is 0 Å². The van der Waals surface area contributed by atoms with Crippen molar-refractivity contribution in [3.8, 4) is 0 Å². The summed E-state index contributed by atoms with van der Waals surface area (Å²) in [5, 5.41) is 11.7. The van der Waals surface area contributed by atoms with Crippen LogP contribution in [0.1, 0.15) is 11.6 Å². The summed E-state index contributed by atoms with van der Waals surface area (Å²) in [6.07, 6.45) is 0. The molecule has 6 heteroatoms. The zero-order valence-electron chi connectivity index (χ0n) is 10.7. The Labute approximate surface area is 116 Å². The number of ether oxygens (including phenoxy) is 1. The number of amides is 1. The van der Waals surface area contributed by atoms with Gasteiger partial charge in [-0.25, -0.2) is 4.79 Å². The van der Waals surface area contributed by atoms with E-state index in [1.54, 1.807) is 37.4 Å². The minimum Gasteiger partial charge on any atom is -0.479 e. The van der Waals surface area contributed by atoms with Gasteiger partial charge in [-0.15, -0.1) is 11.8 Å². The molecule has 0 fully saturated rings. The van der Waals surface area contributed by atoms with Gasteiger partial charge in [-0.1, -0.05) is 30.3 Å². The zero-order valence-corrected chi connectivity index (χ0v) is 11.5. The van der Waals surface area contributed by atoms with Crippen molar-refractivity contribution < 1.29 is 19.4 Å². The Kier molecular flexibility index (Phi) is 6.99. The van der Waals surface area contributed by atoms with Gasteiger partial charge in [-0.2, -0.15) is 0 Å². The van der Waals surface area contributed by atoms with Gasteiger partial charge in [0.2, 0.25) is 5.91 Å². The highest BCUT2D eigenvalue weighted by molar-refractivity contribution is 7.99. The summed E-state index contributed by atoms with van der Waals surface area (Å²) in [5.41, 5.74) is 0.560. The largest absolute Gasteiger partial charge is 0.479 e. The van der Waals surface area contributed by atoms with Crippen LogP contribution in [0.3, 0.4) is 0 Å². The number of aliphatic carboxylic acids is 1. The van der Waals surface area contributed by atoms with Crippen molar-refractivity contribution in [1.29, 1.82) is 0 Å².